The van der Waals surface area contributed by atoms with Crippen LogP contribution in [0.5, 0.6) is 11.5 Å². The second-order valence-corrected chi connectivity index (χ2v) is 5.32. The molecule has 0 aliphatic carbocycles. The maximum atomic E-state index is 12.8. The van der Waals surface area contributed by atoms with Gasteiger partial charge in [0.15, 0.2) is 18.1 Å². The Balaban J connectivity index is 1.86. The third kappa shape index (κ3) is 6.65. The van der Waals surface area contributed by atoms with Gasteiger partial charge in [-0.2, -0.15) is 5.10 Å². The molecule has 8 nitrogen and oxygen atoms in total. The summed E-state index contributed by atoms with van der Waals surface area (Å²) in [6.45, 7) is -0.285. The van der Waals surface area contributed by atoms with E-state index in [1.54, 1.807) is 18.2 Å². The maximum Gasteiger partial charge on any atom is 0.259 e. The molecular formula is C18H19FN4O4. The van der Waals surface area contributed by atoms with E-state index in [1.807, 2.05) is 0 Å². The molecule has 0 unspecified atom stereocenters. The van der Waals surface area contributed by atoms with Crippen molar-refractivity contribution in [1.29, 1.82) is 0 Å². The van der Waals surface area contributed by atoms with Gasteiger partial charge in [-0.15, -0.1) is 0 Å². The van der Waals surface area contributed by atoms with Crippen LogP contribution >= 0.6 is 0 Å². The molecule has 0 aliphatic rings. The number of halogens is 1. The fourth-order valence-corrected chi connectivity index (χ4v) is 2.00. The average molecular weight is 374 g/mol. The maximum absolute atomic E-state index is 12.8. The number of rotatable bonds is 9. The number of nitrogens with zero attached hydrogens (tertiary/aromatic N) is 1. The Kier molecular flexibility index (Phi) is 7.12. The molecule has 0 radical (unpaired) electrons. The summed E-state index contributed by atoms with van der Waals surface area (Å²) in [4.78, 5) is 22.5. The van der Waals surface area contributed by atoms with Crippen LogP contribution in [0.15, 0.2) is 47.6 Å². The monoisotopic (exact) mass is 374 g/mol. The number of hydrogen-bond donors (Lipinski definition) is 3. The fraction of sp³-hybridized carbons (Fsp3) is 0.167. The molecule has 0 spiro atoms. The number of methoxy groups -OCH3 is 1. The first-order chi connectivity index (χ1) is 13.0. The van der Waals surface area contributed by atoms with E-state index < -0.39 is 5.91 Å². The van der Waals surface area contributed by atoms with E-state index >= 15 is 0 Å². The molecule has 2 rings (SSSR count). The van der Waals surface area contributed by atoms with Crippen molar-refractivity contribution < 1.29 is 23.5 Å². The minimum Gasteiger partial charge on any atom is -0.493 e. The molecule has 0 fully saturated rings. The molecule has 0 atom stereocenters. The number of nitrogens with one attached hydrogen (secondary N) is 2. The Morgan fingerprint density at radius 3 is 2.59 bits per heavy atom. The van der Waals surface area contributed by atoms with Crippen molar-refractivity contribution in [2.45, 2.75) is 0 Å². The number of carbonyl (C=O) groups is 2. The van der Waals surface area contributed by atoms with Crippen molar-refractivity contribution >= 4 is 23.7 Å². The summed E-state index contributed by atoms with van der Waals surface area (Å²) in [5.74, 6) is -0.565. The van der Waals surface area contributed by atoms with Gasteiger partial charge in [-0.25, -0.2) is 9.82 Å². The number of anilines is 1. The molecule has 142 valence electrons. The molecule has 0 aliphatic heterocycles. The van der Waals surface area contributed by atoms with Gasteiger partial charge < -0.3 is 20.5 Å². The number of hydrogen-bond acceptors (Lipinski definition) is 6. The number of primary amides is 1. The molecule has 27 heavy (non-hydrogen) atoms. The molecule has 2 aromatic rings. The number of hydrazone groups is 1. The molecule has 2 aromatic carbocycles. The van der Waals surface area contributed by atoms with Crippen LogP contribution in [0.2, 0.25) is 0 Å². The highest BCUT2D eigenvalue weighted by molar-refractivity contribution is 5.85. The number of ether oxygens (including phenoxy) is 2. The minimum absolute atomic E-state index is 0.0216. The molecular weight excluding hydrogens is 355 g/mol. The molecule has 2 amide bonds. The Morgan fingerprint density at radius 1 is 1.19 bits per heavy atom. The van der Waals surface area contributed by atoms with Crippen LogP contribution in [0, 0.1) is 5.82 Å². The fourth-order valence-electron chi connectivity index (χ4n) is 2.00. The minimum atomic E-state index is -0.598. The lowest BCUT2D eigenvalue weighted by Gasteiger charge is -2.09. The van der Waals surface area contributed by atoms with Crippen LogP contribution in [0.1, 0.15) is 5.56 Å². The van der Waals surface area contributed by atoms with Gasteiger partial charge in [-0.3, -0.25) is 9.59 Å². The lowest BCUT2D eigenvalue weighted by atomic mass is 10.2. The third-order valence-electron chi connectivity index (χ3n) is 3.26. The van der Waals surface area contributed by atoms with Gasteiger partial charge in [0.1, 0.15) is 5.82 Å². The highest BCUT2D eigenvalue weighted by Gasteiger charge is 2.06. The van der Waals surface area contributed by atoms with E-state index in [9.17, 15) is 14.0 Å². The van der Waals surface area contributed by atoms with Crippen molar-refractivity contribution in [3.05, 3.63) is 53.8 Å². The van der Waals surface area contributed by atoms with E-state index in [-0.39, 0.29) is 24.9 Å². The zero-order valence-electron chi connectivity index (χ0n) is 14.6. The zero-order chi connectivity index (χ0) is 19.6. The van der Waals surface area contributed by atoms with Crippen molar-refractivity contribution in [3.63, 3.8) is 0 Å². The predicted octanol–water partition coefficient (Wildman–Crippen LogP) is 1.26. The van der Waals surface area contributed by atoms with Gasteiger partial charge >= 0.3 is 0 Å². The quantitative estimate of drug-likeness (QED) is 0.452. The Hall–Kier alpha value is -3.62. The topological polar surface area (TPSA) is 115 Å². The summed E-state index contributed by atoms with van der Waals surface area (Å²) in [6, 6.07) is 10.5. The van der Waals surface area contributed by atoms with E-state index in [0.29, 0.717) is 22.7 Å². The lowest BCUT2D eigenvalue weighted by molar-refractivity contribution is -0.120. The number of amides is 2. The third-order valence-corrected chi connectivity index (χ3v) is 3.26. The molecule has 4 N–H and O–H groups in total. The van der Waals surface area contributed by atoms with Crippen molar-refractivity contribution in [2.24, 2.45) is 10.8 Å². The van der Waals surface area contributed by atoms with Crippen LogP contribution in [-0.2, 0) is 9.59 Å². The number of nitrogens with two attached hydrogens (primary N) is 1. The Morgan fingerprint density at radius 2 is 1.93 bits per heavy atom. The SMILES string of the molecule is COc1cc(C=NNC(=O)CNc2ccc(F)cc2)ccc1OCC(N)=O. The van der Waals surface area contributed by atoms with Gasteiger partial charge in [-0.05, 0) is 48.0 Å². The standard InChI is InChI=1S/C18H19FN4O4/c1-26-16-8-12(2-7-15(16)27-11-17(20)24)9-22-23-18(25)10-21-14-5-3-13(19)4-6-14/h2-9,21H,10-11H2,1H3,(H2,20,24)(H,23,25). The second-order valence-electron chi connectivity index (χ2n) is 5.32. The van der Waals surface area contributed by atoms with Crippen molar-refractivity contribution in [2.75, 3.05) is 25.6 Å². The smallest absolute Gasteiger partial charge is 0.259 e. The van der Waals surface area contributed by atoms with Gasteiger partial charge in [-0.1, -0.05) is 0 Å². The van der Waals surface area contributed by atoms with Crippen LogP contribution in [-0.4, -0.2) is 38.3 Å². The van der Waals surface area contributed by atoms with Gasteiger partial charge in [0.25, 0.3) is 11.8 Å². The molecule has 0 saturated carbocycles. The summed E-state index contributed by atoms with van der Waals surface area (Å²) < 4.78 is 23.2. The first-order valence-electron chi connectivity index (χ1n) is 7.88. The second kappa shape index (κ2) is 9.76. The van der Waals surface area contributed by atoms with Crippen LogP contribution in [0.4, 0.5) is 10.1 Å². The van der Waals surface area contributed by atoms with E-state index in [0.717, 1.165) is 0 Å². The summed E-state index contributed by atoms with van der Waals surface area (Å²) >= 11 is 0. The highest BCUT2D eigenvalue weighted by atomic mass is 19.1. The summed E-state index contributed by atoms with van der Waals surface area (Å²) in [5.41, 5.74) is 8.66. The number of benzene rings is 2. The predicted molar refractivity (Wildman–Crippen MR) is 98.3 cm³/mol. The summed E-state index contributed by atoms with van der Waals surface area (Å²) in [5, 5.41) is 6.69. The van der Waals surface area contributed by atoms with Gasteiger partial charge in [0, 0.05) is 5.69 Å². The zero-order valence-corrected chi connectivity index (χ0v) is 14.6. The summed E-state index contributed by atoms with van der Waals surface area (Å²) in [6.07, 6.45) is 1.43. The molecule has 0 bridgehead atoms. The largest absolute Gasteiger partial charge is 0.493 e. The van der Waals surface area contributed by atoms with Crippen molar-refractivity contribution in [3.8, 4) is 11.5 Å². The van der Waals surface area contributed by atoms with Crippen LogP contribution < -0.4 is 25.9 Å². The molecule has 0 aromatic heterocycles. The molecule has 0 heterocycles. The normalized spacial score (nSPS) is 10.4. The molecule has 0 saturated heterocycles. The Bertz CT molecular complexity index is 825. The van der Waals surface area contributed by atoms with Crippen molar-refractivity contribution in [1.82, 2.24) is 5.43 Å². The number of carbonyl (C=O) groups excluding carboxylic acids is 2. The highest BCUT2D eigenvalue weighted by Crippen LogP contribution is 2.27. The van der Waals surface area contributed by atoms with E-state index in [4.69, 9.17) is 15.2 Å². The van der Waals surface area contributed by atoms with Crippen LogP contribution in [0.25, 0.3) is 0 Å². The van der Waals surface area contributed by atoms with Gasteiger partial charge in [0.05, 0.1) is 19.9 Å². The Labute approximate surface area is 155 Å². The van der Waals surface area contributed by atoms with Crippen LogP contribution in [0.3, 0.4) is 0 Å². The average Bonchev–Trinajstić information content (AvgIpc) is 2.66. The summed E-state index contributed by atoms with van der Waals surface area (Å²) in [7, 11) is 1.45. The first-order valence-corrected chi connectivity index (χ1v) is 7.88. The van der Waals surface area contributed by atoms with E-state index in [2.05, 4.69) is 15.8 Å². The van der Waals surface area contributed by atoms with Gasteiger partial charge in [0.2, 0.25) is 0 Å². The molecule has 9 heteroatoms. The lowest BCUT2D eigenvalue weighted by Crippen LogP contribution is -2.25. The van der Waals surface area contributed by atoms with E-state index in [1.165, 1.54) is 37.6 Å². The first kappa shape index (κ1) is 19.7.